The SMILES string of the molecule is O=[N+]([O-])c1c(Nc2ccc(Cl)cn2)ncnc1N1CCN(c2ccccc2)CC1. The van der Waals surface area contributed by atoms with Crippen molar-refractivity contribution in [1.82, 2.24) is 15.0 Å². The van der Waals surface area contributed by atoms with Gasteiger partial charge in [0.05, 0.1) is 9.95 Å². The molecule has 0 atom stereocenters. The Kier molecular flexibility index (Phi) is 5.39. The first kappa shape index (κ1) is 18.9. The number of para-hydroxylation sites is 1. The molecule has 1 N–H and O–H groups in total. The Bertz CT molecular complexity index is 993. The summed E-state index contributed by atoms with van der Waals surface area (Å²) in [5.74, 6) is 0.811. The van der Waals surface area contributed by atoms with E-state index in [-0.39, 0.29) is 11.5 Å². The first-order valence-corrected chi connectivity index (χ1v) is 9.42. The first-order valence-electron chi connectivity index (χ1n) is 9.05. The van der Waals surface area contributed by atoms with E-state index >= 15 is 0 Å². The van der Waals surface area contributed by atoms with Crippen LogP contribution in [0.5, 0.6) is 0 Å². The molecule has 0 saturated carbocycles. The van der Waals surface area contributed by atoms with Gasteiger partial charge in [0.25, 0.3) is 0 Å². The van der Waals surface area contributed by atoms with Crippen molar-refractivity contribution < 1.29 is 4.92 Å². The second-order valence-corrected chi connectivity index (χ2v) is 6.88. The molecule has 2 aromatic heterocycles. The number of halogens is 1. The van der Waals surface area contributed by atoms with Gasteiger partial charge < -0.3 is 15.1 Å². The van der Waals surface area contributed by atoms with Gasteiger partial charge in [-0.05, 0) is 24.3 Å². The Morgan fingerprint density at radius 2 is 1.69 bits per heavy atom. The summed E-state index contributed by atoms with van der Waals surface area (Å²) >= 11 is 5.84. The highest BCUT2D eigenvalue weighted by Gasteiger charge is 2.29. The number of aromatic nitrogens is 3. The van der Waals surface area contributed by atoms with Gasteiger partial charge in [-0.1, -0.05) is 29.8 Å². The van der Waals surface area contributed by atoms with Gasteiger partial charge in [0, 0.05) is 38.1 Å². The minimum Gasteiger partial charge on any atom is -0.368 e. The zero-order valence-electron chi connectivity index (χ0n) is 15.4. The Hall–Kier alpha value is -3.46. The molecule has 10 heteroatoms. The molecular formula is C19H18ClN7O2. The van der Waals surface area contributed by atoms with Crippen LogP contribution in [0.1, 0.15) is 0 Å². The minimum absolute atomic E-state index is 0.0975. The van der Waals surface area contributed by atoms with Crippen LogP contribution in [0.2, 0.25) is 5.02 Å². The lowest BCUT2D eigenvalue weighted by molar-refractivity contribution is -0.383. The Balaban J connectivity index is 1.56. The molecule has 4 rings (SSSR count). The van der Waals surface area contributed by atoms with Crippen LogP contribution < -0.4 is 15.1 Å². The summed E-state index contributed by atoms with van der Waals surface area (Å²) in [5.41, 5.74) is 0.970. The van der Waals surface area contributed by atoms with Gasteiger partial charge in [-0.2, -0.15) is 0 Å². The summed E-state index contributed by atoms with van der Waals surface area (Å²) in [5, 5.41) is 15.2. The summed E-state index contributed by atoms with van der Waals surface area (Å²) in [6.45, 7) is 2.72. The van der Waals surface area contributed by atoms with Crippen LogP contribution in [-0.4, -0.2) is 46.1 Å². The standard InChI is InChI=1S/C19H18ClN7O2/c20-14-6-7-16(21-12-14)24-18-17(27(28)29)19(23-13-22-18)26-10-8-25(9-11-26)15-4-2-1-3-5-15/h1-7,12-13H,8-11H2,(H,21,22,23,24). The molecule has 3 aromatic rings. The molecule has 1 fully saturated rings. The monoisotopic (exact) mass is 411 g/mol. The quantitative estimate of drug-likeness (QED) is 0.503. The van der Waals surface area contributed by atoms with E-state index in [0.717, 1.165) is 18.8 Å². The number of hydrogen-bond acceptors (Lipinski definition) is 8. The van der Waals surface area contributed by atoms with E-state index in [1.54, 1.807) is 12.1 Å². The molecule has 0 radical (unpaired) electrons. The third kappa shape index (κ3) is 4.19. The molecule has 29 heavy (non-hydrogen) atoms. The summed E-state index contributed by atoms with van der Waals surface area (Å²) in [7, 11) is 0. The summed E-state index contributed by atoms with van der Waals surface area (Å²) in [6.07, 6.45) is 2.78. The van der Waals surface area contributed by atoms with Crippen molar-refractivity contribution in [3.63, 3.8) is 0 Å². The zero-order chi connectivity index (χ0) is 20.2. The molecule has 3 heterocycles. The van der Waals surface area contributed by atoms with Crippen LogP contribution in [-0.2, 0) is 0 Å². The molecule has 0 unspecified atom stereocenters. The number of benzene rings is 1. The lowest BCUT2D eigenvalue weighted by Gasteiger charge is -2.36. The number of hydrogen-bond donors (Lipinski definition) is 1. The van der Waals surface area contributed by atoms with E-state index in [2.05, 4.69) is 37.3 Å². The Labute approximate surface area is 172 Å². The molecule has 1 saturated heterocycles. The van der Waals surface area contributed by atoms with Crippen LogP contribution >= 0.6 is 11.6 Å². The van der Waals surface area contributed by atoms with Gasteiger partial charge in [-0.3, -0.25) is 10.1 Å². The lowest BCUT2D eigenvalue weighted by Crippen LogP contribution is -2.47. The number of pyridine rings is 1. The highest BCUT2D eigenvalue weighted by atomic mass is 35.5. The van der Waals surface area contributed by atoms with Gasteiger partial charge in [0.1, 0.15) is 12.1 Å². The van der Waals surface area contributed by atoms with E-state index in [1.165, 1.54) is 12.5 Å². The predicted molar refractivity (Wildman–Crippen MR) is 112 cm³/mol. The maximum Gasteiger partial charge on any atom is 0.353 e. The van der Waals surface area contributed by atoms with E-state index in [1.807, 2.05) is 23.1 Å². The predicted octanol–water partition coefficient (Wildman–Crippen LogP) is 3.50. The Morgan fingerprint density at radius 1 is 0.966 bits per heavy atom. The Morgan fingerprint density at radius 3 is 2.34 bits per heavy atom. The normalized spacial score (nSPS) is 14.0. The number of nitrogens with one attached hydrogen (secondary N) is 1. The molecule has 0 amide bonds. The van der Waals surface area contributed by atoms with Crippen LogP contribution in [0.4, 0.5) is 28.8 Å². The molecule has 9 nitrogen and oxygen atoms in total. The molecule has 1 aromatic carbocycles. The molecular weight excluding hydrogens is 394 g/mol. The first-order chi connectivity index (χ1) is 14.1. The van der Waals surface area contributed by atoms with Crippen LogP contribution in [0, 0.1) is 10.1 Å². The fraction of sp³-hybridized carbons (Fsp3) is 0.211. The molecule has 0 bridgehead atoms. The number of piperazine rings is 1. The van der Waals surface area contributed by atoms with Crippen molar-refractivity contribution in [2.45, 2.75) is 0 Å². The van der Waals surface area contributed by atoms with Crippen LogP contribution in [0.25, 0.3) is 0 Å². The van der Waals surface area contributed by atoms with Gasteiger partial charge in [0.2, 0.25) is 11.6 Å². The second-order valence-electron chi connectivity index (χ2n) is 6.45. The molecule has 1 aliphatic heterocycles. The van der Waals surface area contributed by atoms with E-state index in [9.17, 15) is 10.1 Å². The molecule has 1 aliphatic rings. The van der Waals surface area contributed by atoms with Crippen LogP contribution in [0.3, 0.4) is 0 Å². The van der Waals surface area contributed by atoms with Gasteiger partial charge >= 0.3 is 5.69 Å². The van der Waals surface area contributed by atoms with Crippen molar-refractivity contribution in [1.29, 1.82) is 0 Å². The average Bonchev–Trinajstić information content (AvgIpc) is 2.76. The average molecular weight is 412 g/mol. The molecule has 0 aliphatic carbocycles. The fourth-order valence-electron chi connectivity index (χ4n) is 3.25. The van der Waals surface area contributed by atoms with E-state index in [4.69, 9.17) is 11.6 Å². The van der Waals surface area contributed by atoms with Crippen LogP contribution in [0.15, 0.2) is 55.0 Å². The number of rotatable bonds is 5. The smallest absolute Gasteiger partial charge is 0.353 e. The summed E-state index contributed by atoms with van der Waals surface area (Å²) in [6, 6.07) is 13.4. The van der Waals surface area contributed by atoms with E-state index in [0.29, 0.717) is 29.7 Å². The minimum atomic E-state index is -0.461. The van der Waals surface area contributed by atoms with Crippen molar-refractivity contribution >= 4 is 40.4 Å². The maximum atomic E-state index is 11.8. The number of nitrogens with zero attached hydrogens (tertiary/aromatic N) is 6. The maximum absolute atomic E-state index is 11.8. The molecule has 148 valence electrons. The van der Waals surface area contributed by atoms with Gasteiger partial charge in [-0.15, -0.1) is 0 Å². The van der Waals surface area contributed by atoms with Crippen molar-refractivity contribution in [3.05, 3.63) is 70.1 Å². The zero-order valence-corrected chi connectivity index (χ0v) is 16.2. The summed E-state index contributed by atoms with van der Waals surface area (Å²) in [4.78, 5) is 27.9. The van der Waals surface area contributed by atoms with Crippen molar-refractivity contribution in [2.24, 2.45) is 0 Å². The highest BCUT2D eigenvalue weighted by Crippen LogP contribution is 2.34. The topological polar surface area (TPSA) is 100 Å². The molecule has 0 spiro atoms. The fourth-order valence-corrected chi connectivity index (χ4v) is 3.36. The second kappa shape index (κ2) is 8.27. The highest BCUT2D eigenvalue weighted by molar-refractivity contribution is 6.30. The van der Waals surface area contributed by atoms with Crippen molar-refractivity contribution in [3.8, 4) is 0 Å². The summed E-state index contributed by atoms with van der Waals surface area (Å²) < 4.78 is 0. The lowest BCUT2D eigenvalue weighted by atomic mass is 10.2. The number of anilines is 4. The van der Waals surface area contributed by atoms with Gasteiger partial charge in [0.15, 0.2) is 0 Å². The largest absolute Gasteiger partial charge is 0.368 e. The number of nitro groups is 1. The third-order valence-electron chi connectivity index (χ3n) is 4.66. The van der Waals surface area contributed by atoms with Crippen molar-refractivity contribution in [2.75, 3.05) is 41.3 Å². The van der Waals surface area contributed by atoms with Gasteiger partial charge in [-0.25, -0.2) is 15.0 Å². The third-order valence-corrected chi connectivity index (χ3v) is 4.88. The van der Waals surface area contributed by atoms with E-state index < -0.39 is 4.92 Å².